The maximum atomic E-state index is 14.3. The van der Waals surface area contributed by atoms with Gasteiger partial charge in [-0.3, -0.25) is 0 Å². The molecule has 0 spiro atoms. The van der Waals surface area contributed by atoms with Crippen LogP contribution in [0.2, 0.25) is 0 Å². The van der Waals surface area contributed by atoms with Crippen molar-refractivity contribution in [3.05, 3.63) is 77.4 Å². The summed E-state index contributed by atoms with van der Waals surface area (Å²) in [6, 6.07) is 13.8. The summed E-state index contributed by atoms with van der Waals surface area (Å²) >= 11 is 0. The van der Waals surface area contributed by atoms with Gasteiger partial charge in [0.05, 0.1) is 18.8 Å². The smallest absolute Gasteiger partial charge is 0.417 e. The third-order valence-electron chi connectivity index (χ3n) is 5.83. The zero-order valence-corrected chi connectivity index (χ0v) is 19.5. The van der Waals surface area contributed by atoms with E-state index in [1.165, 1.54) is 0 Å². The number of para-hydroxylation sites is 1. The first-order valence-electron chi connectivity index (χ1n) is 11.7. The summed E-state index contributed by atoms with van der Waals surface area (Å²) in [6.07, 6.45) is 0.391. The summed E-state index contributed by atoms with van der Waals surface area (Å²) in [4.78, 5) is 11.4. The second kappa shape index (κ2) is 11.9. The number of esters is 1. The van der Waals surface area contributed by atoms with Crippen molar-refractivity contribution in [3.8, 4) is 5.75 Å². The van der Waals surface area contributed by atoms with E-state index in [0.29, 0.717) is 54.9 Å². The number of alkyl halides is 3. The van der Waals surface area contributed by atoms with Crippen molar-refractivity contribution in [2.75, 3.05) is 13.2 Å². The van der Waals surface area contributed by atoms with Crippen molar-refractivity contribution in [2.45, 2.75) is 58.0 Å². The van der Waals surface area contributed by atoms with Crippen molar-refractivity contribution in [2.24, 2.45) is 0 Å². The number of ether oxygens (including phenoxy) is 2. The lowest BCUT2D eigenvalue weighted by atomic mass is 9.91. The van der Waals surface area contributed by atoms with Crippen LogP contribution in [-0.2, 0) is 16.0 Å². The first-order valence-corrected chi connectivity index (χ1v) is 11.7. The molecule has 0 unspecified atom stereocenters. The average molecular weight is 473 g/mol. The highest BCUT2D eigenvalue weighted by Crippen LogP contribution is 2.46. The van der Waals surface area contributed by atoms with Crippen LogP contribution in [-0.4, -0.2) is 25.4 Å². The van der Waals surface area contributed by atoms with E-state index in [1.807, 2.05) is 0 Å². The maximum Gasteiger partial charge on any atom is 0.417 e. The first kappa shape index (κ1) is 25.6. The Kier molecular flexibility index (Phi) is 8.97. The zero-order valence-electron chi connectivity index (χ0n) is 19.5. The molecule has 3 rings (SSSR count). The number of carbonyl (C=O) groups is 1. The second-order valence-corrected chi connectivity index (χ2v) is 8.54. The minimum atomic E-state index is -4.46. The molecular formula is C28H31F3O3. The predicted molar refractivity (Wildman–Crippen MR) is 128 cm³/mol. The molecule has 2 aromatic carbocycles. The minimum Gasteiger partial charge on any atom is -0.493 e. The van der Waals surface area contributed by atoms with Gasteiger partial charge < -0.3 is 9.47 Å². The van der Waals surface area contributed by atoms with Gasteiger partial charge in [-0.2, -0.15) is 13.2 Å². The number of hydrogen-bond acceptors (Lipinski definition) is 3. The number of unbranched alkanes of at least 4 members (excludes halogenated alkanes) is 3. The summed E-state index contributed by atoms with van der Waals surface area (Å²) < 4.78 is 53.9. The number of hydrogen-bond donors (Lipinski definition) is 0. The molecule has 1 aliphatic carbocycles. The van der Waals surface area contributed by atoms with Gasteiger partial charge in [-0.05, 0) is 74.6 Å². The molecule has 0 fully saturated rings. The molecule has 0 saturated carbocycles. The van der Waals surface area contributed by atoms with Crippen LogP contribution in [0.4, 0.5) is 13.2 Å². The highest BCUT2D eigenvalue weighted by atomic mass is 19.4. The monoisotopic (exact) mass is 472 g/mol. The van der Waals surface area contributed by atoms with E-state index in [9.17, 15) is 18.0 Å². The van der Waals surface area contributed by atoms with Crippen LogP contribution in [0.15, 0.2) is 60.7 Å². The maximum absolute atomic E-state index is 14.3. The molecule has 0 atom stereocenters. The zero-order chi connectivity index (χ0) is 24.6. The summed E-state index contributed by atoms with van der Waals surface area (Å²) in [7, 11) is 0. The molecule has 0 bridgehead atoms. The topological polar surface area (TPSA) is 35.5 Å². The van der Waals surface area contributed by atoms with Gasteiger partial charge in [0, 0.05) is 11.1 Å². The number of halogens is 3. The summed E-state index contributed by atoms with van der Waals surface area (Å²) in [5.41, 5.74) is 1.64. The van der Waals surface area contributed by atoms with Crippen LogP contribution in [0.5, 0.6) is 5.75 Å². The molecule has 3 nitrogen and oxygen atoms in total. The van der Waals surface area contributed by atoms with Crippen LogP contribution in [0.1, 0.15) is 62.1 Å². The average Bonchev–Trinajstić information content (AvgIpc) is 3.00. The van der Waals surface area contributed by atoms with E-state index < -0.39 is 11.7 Å². The normalized spacial score (nSPS) is 13.8. The molecule has 2 aromatic rings. The fourth-order valence-corrected chi connectivity index (χ4v) is 4.19. The Labute approximate surface area is 199 Å². The second-order valence-electron chi connectivity index (χ2n) is 8.54. The standard InChI is InChI=1S/C28H31F3O3/c1-20(2)27(32)34-19-10-4-3-9-18-33-25-17-8-7-15-23(25)24-16-11-13-21-12-5-6-14-22(21)26(24)28(29,30)31/h5-8,12,14-15,17H,1,3-4,9-11,13,16,18-19H2,2H3. The minimum absolute atomic E-state index is 0.268. The predicted octanol–water partition coefficient (Wildman–Crippen LogP) is 7.55. The highest BCUT2D eigenvalue weighted by Gasteiger charge is 2.39. The number of fused-ring (bicyclic) bond motifs is 1. The quantitative estimate of drug-likeness (QED) is 0.203. The third-order valence-corrected chi connectivity index (χ3v) is 5.83. The van der Waals surface area contributed by atoms with Gasteiger partial charge in [-0.15, -0.1) is 0 Å². The number of aryl methyl sites for hydroxylation is 1. The number of carbonyl (C=O) groups excluding carboxylic acids is 1. The SMILES string of the molecule is C=C(C)C(=O)OCCCCCCOc1ccccc1C1=C(C(F)(F)F)c2ccccc2CCC1. The molecule has 182 valence electrons. The fourth-order valence-electron chi connectivity index (χ4n) is 4.19. The van der Waals surface area contributed by atoms with Crippen LogP contribution in [0.3, 0.4) is 0 Å². The van der Waals surface area contributed by atoms with Gasteiger partial charge in [0.15, 0.2) is 0 Å². The Morgan fingerprint density at radius 2 is 1.56 bits per heavy atom. The molecule has 0 aliphatic heterocycles. The summed E-state index contributed by atoms with van der Waals surface area (Å²) in [5.74, 6) is 0.0997. The number of rotatable bonds is 10. The van der Waals surface area contributed by atoms with Gasteiger partial charge >= 0.3 is 12.1 Å². The molecular weight excluding hydrogens is 441 g/mol. The number of benzene rings is 2. The molecule has 0 radical (unpaired) electrons. The van der Waals surface area contributed by atoms with E-state index in [4.69, 9.17) is 9.47 Å². The molecule has 1 aliphatic rings. The van der Waals surface area contributed by atoms with E-state index in [-0.39, 0.29) is 11.5 Å². The Hall–Kier alpha value is -3.02. The highest BCUT2D eigenvalue weighted by molar-refractivity contribution is 5.95. The largest absolute Gasteiger partial charge is 0.493 e. The first-order chi connectivity index (χ1) is 16.3. The van der Waals surface area contributed by atoms with Crippen molar-refractivity contribution in [3.63, 3.8) is 0 Å². The van der Waals surface area contributed by atoms with Crippen LogP contribution in [0, 0.1) is 0 Å². The van der Waals surface area contributed by atoms with Crippen molar-refractivity contribution >= 4 is 17.1 Å². The third kappa shape index (κ3) is 6.75. The molecule has 0 amide bonds. The lowest BCUT2D eigenvalue weighted by Gasteiger charge is -2.20. The van der Waals surface area contributed by atoms with Crippen LogP contribution in [0.25, 0.3) is 11.1 Å². The Balaban J connectivity index is 1.68. The molecule has 34 heavy (non-hydrogen) atoms. The molecule has 0 aromatic heterocycles. The Bertz CT molecular complexity index is 1040. The number of allylic oxidation sites excluding steroid dienone is 2. The van der Waals surface area contributed by atoms with E-state index in [0.717, 1.165) is 31.2 Å². The van der Waals surface area contributed by atoms with Crippen molar-refractivity contribution < 1.29 is 27.4 Å². The fraction of sp³-hybridized carbons (Fsp3) is 0.393. The van der Waals surface area contributed by atoms with E-state index in [1.54, 1.807) is 55.5 Å². The van der Waals surface area contributed by atoms with Gasteiger partial charge in [0.2, 0.25) is 0 Å². The van der Waals surface area contributed by atoms with E-state index >= 15 is 0 Å². The molecule has 6 heteroatoms. The van der Waals surface area contributed by atoms with E-state index in [2.05, 4.69) is 6.58 Å². The van der Waals surface area contributed by atoms with Gasteiger partial charge in [-0.25, -0.2) is 4.79 Å². The van der Waals surface area contributed by atoms with Gasteiger partial charge in [0.25, 0.3) is 0 Å². The van der Waals surface area contributed by atoms with Crippen LogP contribution >= 0.6 is 0 Å². The molecule has 0 saturated heterocycles. The summed E-state index contributed by atoms with van der Waals surface area (Å²) in [5, 5.41) is 0. The molecule has 0 heterocycles. The van der Waals surface area contributed by atoms with Crippen molar-refractivity contribution in [1.29, 1.82) is 0 Å². The van der Waals surface area contributed by atoms with Gasteiger partial charge in [0.1, 0.15) is 5.75 Å². The lowest BCUT2D eigenvalue weighted by molar-refractivity contribution is -0.139. The Morgan fingerprint density at radius 1 is 0.912 bits per heavy atom. The van der Waals surface area contributed by atoms with Crippen molar-refractivity contribution in [1.82, 2.24) is 0 Å². The lowest BCUT2D eigenvalue weighted by Crippen LogP contribution is -2.14. The van der Waals surface area contributed by atoms with Gasteiger partial charge in [-0.1, -0.05) is 49.0 Å². The summed E-state index contributed by atoms with van der Waals surface area (Å²) in [6.45, 7) is 5.91. The Morgan fingerprint density at radius 3 is 2.26 bits per heavy atom. The van der Waals surface area contributed by atoms with Crippen LogP contribution < -0.4 is 4.74 Å². The molecule has 0 N–H and O–H groups in total.